The molecule has 6 heteroatoms. The number of imidazole rings is 1. The van der Waals surface area contributed by atoms with Gasteiger partial charge in [-0.3, -0.25) is 4.79 Å². The molecule has 150 valence electrons. The molecule has 4 aromatic rings. The lowest BCUT2D eigenvalue weighted by atomic mass is 9.98. The Morgan fingerprint density at radius 2 is 1.74 bits per heavy atom. The molecule has 6 nitrogen and oxygen atoms in total. The van der Waals surface area contributed by atoms with Crippen molar-refractivity contribution < 1.29 is 9.53 Å². The Morgan fingerprint density at radius 3 is 2.45 bits per heavy atom. The van der Waals surface area contributed by atoms with Crippen LogP contribution < -0.4 is 4.74 Å². The first-order valence-corrected chi connectivity index (χ1v) is 9.68. The van der Waals surface area contributed by atoms with Gasteiger partial charge >= 0.3 is 0 Å². The van der Waals surface area contributed by atoms with E-state index in [4.69, 9.17) is 4.74 Å². The topological polar surface area (TPSA) is 91.7 Å². The molecule has 0 amide bonds. The number of ketones is 1. The van der Waals surface area contributed by atoms with Crippen LogP contribution in [0.15, 0.2) is 72.8 Å². The fraction of sp³-hybridized carbons (Fsp3) is 0.120. The average Bonchev–Trinajstić information content (AvgIpc) is 3.15. The Hall–Kier alpha value is -4.42. The smallest absolute Gasteiger partial charge is 0.187 e. The Bertz CT molecular complexity index is 1340. The number of aromatic nitrogens is 2. The summed E-state index contributed by atoms with van der Waals surface area (Å²) in [4.78, 5) is 17.5. The van der Waals surface area contributed by atoms with Crippen LogP contribution in [-0.4, -0.2) is 15.3 Å². The second-order valence-corrected chi connectivity index (χ2v) is 7.03. The number of Topliss-reactive ketones (excluding diaryl/α,β-unsaturated/α-hetero) is 1. The molecule has 1 atom stereocenters. The number of ether oxygens (including phenoxy) is 1. The standard InChI is InChI=1S/C25H18N4O2/c1-29-23-9-5-4-8-22(23)28-25(29)21(15-27)24(30)17-10-12-20(13-11-17)31-16-19-7-3-2-6-18(19)14-26/h2-13,21H,16H2,1H3. The number of rotatable bonds is 6. The van der Waals surface area contributed by atoms with E-state index in [-0.39, 0.29) is 12.4 Å². The molecule has 3 aromatic carbocycles. The van der Waals surface area contributed by atoms with Gasteiger partial charge in [0.1, 0.15) is 18.2 Å². The number of aryl methyl sites for hydroxylation is 1. The quantitative estimate of drug-likeness (QED) is 0.439. The second-order valence-electron chi connectivity index (χ2n) is 7.03. The molecule has 1 heterocycles. The van der Waals surface area contributed by atoms with Crippen molar-refractivity contribution in [3.8, 4) is 17.9 Å². The molecule has 0 spiro atoms. The van der Waals surface area contributed by atoms with Gasteiger partial charge in [0, 0.05) is 18.2 Å². The predicted molar refractivity (Wildman–Crippen MR) is 115 cm³/mol. The van der Waals surface area contributed by atoms with Crippen LogP contribution in [0.25, 0.3) is 11.0 Å². The molecule has 1 aromatic heterocycles. The zero-order valence-corrected chi connectivity index (χ0v) is 16.8. The number of nitrogens with zero attached hydrogens (tertiary/aromatic N) is 4. The van der Waals surface area contributed by atoms with Gasteiger partial charge in [-0.05, 0) is 42.5 Å². The summed E-state index contributed by atoms with van der Waals surface area (Å²) in [6.45, 7) is 0.248. The summed E-state index contributed by atoms with van der Waals surface area (Å²) in [5.74, 6) is -0.336. The lowest BCUT2D eigenvalue weighted by Gasteiger charge is -2.10. The minimum atomic E-state index is -1.01. The van der Waals surface area contributed by atoms with Gasteiger partial charge in [-0.15, -0.1) is 0 Å². The fourth-order valence-electron chi connectivity index (χ4n) is 3.45. The summed E-state index contributed by atoms with van der Waals surface area (Å²) in [7, 11) is 1.80. The van der Waals surface area contributed by atoms with E-state index < -0.39 is 5.92 Å². The lowest BCUT2D eigenvalue weighted by Crippen LogP contribution is -2.15. The number of nitriles is 2. The van der Waals surface area contributed by atoms with Crippen molar-refractivity contribution in [3.05, 3.63) is 95.3 Å². The molecule has 0 fully saturated rings. The minimum Gasteiger partial charge on any atom is -0.489 e. The fourth-order valence-corrected chi connectivity index (χ4v) is 3.45. The molecule has 0 saturated carbocycles. The summed E-state index contributed by atoms with van der Waals surface area (Å²) >= 11 is 0. The molecule has 0 aliphatic heterocycles. The lowest BCUT2D eigenvalue weighted by molar-refractivity contribution is 0.0975. The van der Waals surface area contributed by atoms with Gasteiger partial charge in [0.25, 0.3) is 0 Å². The highest BCUT2D eigenvalue weighted by atomic mass is 16.5. The normalized spacial score (nSPS) is 11.5. The highest BCUT2D eigenvalue weighted by Gasteiger charge is 2.27. The second kappa shape index (κ2) is 8.52. The first-order chi connectivity index (χ1) is 15.1. The molecule has 0 bridgehead atoms. The maximum Gasteiger partial charge on any atom is 0.187 e. The van der Waals surface area contributed by atoms with Gasteiger partial charge in [0.2, 0.25) is 0 Å². The van der Waals surface area contributed by atoms with Gasteiger partial charge in [-0.2, -0.15) is 10.5 Å². The Balaban J connectivity index is 1.52. The largest absolute Gasteiger partial charge is 0.489 e. The third-order valence-electron chi connectivity index (χ3n) is 5.14. The summed E-state index contributed by atoms with van der Waals surface area (Å²) in [5, 5.41) is 18.9. The maximum atomic E-state index is 13.0. The summed E-state index contributed by atoms with van der Waals surface area (Å²) in [6, 6.07) is 25.6. The zero-order chi connectivity index (χ0) is 21.8. The Morgan fingerprint density at radius 1 is 1.03 bits per heavy atom. The van der Waals surface area contributed by atoms with Gasteiger partial charge in [0.05, 0.1) is 28.7 Å². The first-order valence-electron chi connectivity index (χ1n) is 9.68. The van der Waals surface area contributed by atoms with Gasteiger partial charge < -0.3 is 9.30 Å². The van der Waals surface area contributed by atoms with Crippen molar-refractivity contribution in [2.45, 2.75) is 12.5 Å². The van der Waals surface area contributed by atoms with E-state index in [9.17, 15) is 15.3 Å². The van der Waals surface area contributed by atoms with Crippen LogP contribution in [0.3, 0.4) is 0 Å². The van der Waals surface area contributed by atoms with Crippen molar-refractivity contribution >= 4 is 16.8 Å². The van der Waals surface area contributed by atoms with E-state index in [1.807, 2.05) is 36.4 Å². The van der Waals surface area contributed by atoms with Crippen LogP contribution in [0, 0.1) is 22.7 Å². The van der Waals surface area contributed by atoms with Crippen molar-refractivity contribution in [1.29, 1.82) is 10.5 Å². The van der Waals surface area contributed by atoms with E-state index >= 15 is 0 Å². The predicted octanol–water partition coefficient (Wildman–Crippen LogP) is 4.51. The Kier molecular flexibility index (Phi) is 5.47. The monoisotopic (exact) mass is 406 g/mol. The molecular formula is C25H18N4O2. The van der Waals surface area contributed by atoms with E-state index in [0.717, 1.165) is 16.6 Å². The van der Waals surface area contributed by atoms with Gasteiger partial charge in [0.15, 0.2) is 11.7 Å². The molecule has 0 aliphatic carbocycles. The zero-order valence-electron chi connectivity index (χ0n) is 16.8. The van der Waals surface area contributed by atoms with Crippen LogP contribution in [0.2, 0.25) is 0 Å². The molecule has 1 unspecified atom stereocenters. The number of carbonyl (C=O) groups excluding carboxylic acids is 1. The maximum absolute atomic E-state index is 13.0. The van der Waals surface area contributed by atoms with E-state index in [2.05, 4.69) is 17.1 Å². The van der Waals surface area contributed by atoms with Crippen molar-refractivity contribution in [1.82, 2.24) is 9.55 Å². The summed E-state index contributed by atoms with van der Waals surface area (Å²) in [6.07, 6.45) is 0. The van der Waals surface area contributed by atoms with Crippen molar-refractivity contribution in [3.63, 3.8) is 0 Å². The van der Waals surface area contributed by atoms with Crippen LogP contribution in [-0.2, 0) is 13.7 Å². The average molecular weight is 406 g/mol. The molecule has 4 rings (SSSR count). The van der Waals surface area contributed by atoms with Crippen LogP contribution in [0.5, 0.6) is 5.75 Å². The summed E-state index contributed by atoms with van der Waals surface area (Å²) < 4.78 is 7.54. The van der Waals surface area contributed by atoms with E-state index in [1.165, 1.54) is 0 Å². The third-order valence-corrected chi connectivity index (χ3v) is 5.14. The number of fused-ring (bicyclic) bond motifs is 1. The van der Waals surface area contributed by atoms with Gasteiger partial charge in [-0.1, -0.05) is 30.3 Å². The molecule has 0 radical (unpaired) electrons. The Labute approximate surface area is 179 Å². The number of carbonyl (C=O) groups is 1. The van der Waals surface area contributed by atoms with E-state index in [0.29, 0.717) is 22.7 Å². The number of hydrogen-bond donors (Lipinski definition) is 0. The summed E-state index contributed by atoms with van der Waals surface area (Å²) in [5.41, 5.74) is 3.37. The minimum absolute atomic E-state index is 0.248. The number of hydrogen-bond acceptors (Lipinski definition) is 5. The number of para-hydroxylation sites is 2. The molecule has 0 N–H and O–H groups in total. The number of benzene rings is 3. The molecular weight excluding hydrogens is 388 g/mol. The molecule has 0 saturated heterocycles. The highest BCUT2D eigenvalue weighted by molar-refractivity contribution is 6.02. The SMILES string of the molecule is Cn1c(C(C#N)C(=O)c2ccc(OCc3ccccc3C#N)cc2)nc2ccccc21. The third kappa shape index (κ3) is 3.88. The van der Waals surface area contributed by atoms with Crippen LogP contribution >= 0.6 is 0 Å². The first kappa shape index (κ1) is 19.9. The van der Waals surface area contributed by atoms with Crippen LogP contribution in [0.4, 0.5) is 0 Å². The van der Waals surface area contributed by atoms with Gasteiger partial charge in [-0.25, -0.2) is 4.98 Å². The van der Waals surface area contributed by atoms with Crippen molar-refractivity contribution in [2.75, 3.05) is 0 Å². The molecule has 31 heavy (non-hydrogen) atoms. The highest BCUT2D eigenvalue weighted by Crippen LogP contribution is 2.25. The molecule has 0 aliphatic rings. The van der Waals surface area contributed by atoms with Crippen molar-refractivity contribution in [2.24, 2.45) is 7.05 Å². The van der Waals surface area contributed by atoms with Crippen LogP contribution in [0.1, 0.15) is 33.2 Å². The van der Waals surface area contributed by atoms with E-state index in [1.54, 1.807) is 48.0 Å².